The number of aromatic nitrogens is 1. The average molecular weight is 273 g/mol. The molecule has 0 saturated heterocycles. The minimum absolute atomic E-state index is 0.362. The standard InChI is InChI=1S/C17H23NO2/c1-2-3-4-7-17(19)14-8-10-16(11-9-14)20-13-15-6-5-12-18-15/h5-6,8-12,17-19H,2-4,7,13H2,1H3. The maximum Gasteiger partial charge on any atom is 0.128 e. The fraction of sp³-hybridized carbons (Fsp3) is 0.412. The number of unbranched alkanes of at least 4 members (excludes halogenated alkanes) is 2. The molecule has 0 aliphatic heterocycles. The Morgan fingerprint density at radius 1 is 1.15 bits per heavy atom. The summed E-state index contributed by atoms with van der Waals surface area (Å²) in [4.78, 5) is 3.10. The van der Waals surface area contributed by atoms with Crippen LogP contribution < -0.4 is 4.74 Å². The molecule has 2 N–H and O–H groups in total. The summed E-state index contributed by atoms with van der Waals surface area (Å²) in [6, 6.07) is 11.7. The average Bonchev–Trinajstić information content (AvgIpc) is 2.99. The molecular weight excluding hydrogens is 250 g/mol. The van der Waals surface area contributed by atoms with Crippen molar-refractivity contribution in [3.63, 3.8) is 0 Å². The number of aromatic amines is 1. The topological polar surface area (TPSA) is 45.2 Å². The van der Waals surface area contributed by atoms with Crippen molar-refractivity contribution in [2.45, 2.75) is 45.3 Å². The number of rotatable bonds is 8. The summed E-state index contributed by atoms with van der Waals surface area (Å²) < 4.78 is 5.67. The van der Waals surface area contributed by atoms with Gasteiger partial charge >= 0.3 is 0 Å². The van der Waals surface area contributed by atoms with E-state index in [-0.39, 0.29) is 6.10 Å². The Hall–Kier alpha value is -1.74. The fourth-order valence-corrected chi connectivity index (χ4v) is 2.16. The summed E-state index contributed by atoms with van der Waals surface area (Å²) in [7, 11) is 0. The third-order valence-electron chi connectivity index (χ3n) is 3.40. The molecule has 3 heteroatoms. The van der Waals surface area contributed by atoms with Crippen LogP contribution in [-0.4, -0.2) is 10.1 Å². The molecular formula is C17H23NO2. The van der Waals surface area contributed by atoms with Crippen molar-refractivity contribution in [1.29, 1.82) is 0 Å². The number of benzene rings is 1. The summed E-state index contributed by atoms with van der Waals surface area (Å²) in [5.41, 5.74) is 2.02. The lowest BCUT2D eigenvalue weighted by atomic mass is 10.0. The lowest BCUT2D eigenvalue weighted by Gasteiger charge is -2.11. The summed E-state index contributed by atoms with van der Waals surface area (Å²) in [6.45, 7) is 2.70. The van der Waals surface area contributed by atoms with Gasteiger partial charge in [-0.25, -0.2) is 0 Å². The molecule has 0 saturated carbocycles. The van der Waals surface area contributed by atoms with Crippen LogP contribution in [0.2, 0.25) is 0 Å². The Morgan fingerprint density at radius 2 is 1.95 bits per heavy atom. The number of aliphatic hydroxyl groups is 1. The number of aliphatic hydroxyl groups excluding tert-OH is 1. The monoisotopic (exact) mass is 273 g/mol. The lowest BCUT2D eigenvalue weighted by molar-refractivity contribution is 0.163. The van der Waals surface area contributed by atoms with E-state index in [0.29, 0.717) is 6.61 Å². The predicted molar refractivity (Wildman–Crippen MR) is 80.7 cm³/mol. The third kappa shape index (κ3) is 4.42. The SMILES string of the molecule is CCCCCC(O)c1ccc(OCc2ccc[nH]2)cc1. The number of nitrogens with one attached hydrogen (secondary N) is 1. The molecule has 0 spiro atoms. The highest BCUT2D eigenvalue weighted by Gasteiger charge is 2.07. The van der Waals surface area contributed by atoms with Gasteiger partial charge in [0, 0.05) is 6.20 Å². The molecule has 0 radical (unpaired) electrons. The zero-order valence-corrected chi connectivity index (χ0v) is 12.0. The first-order valence-corrected chi connectivity index (χ1v) is 7.32. The maximum absolute atomic E-state index is 10.1. The van der Waals surface area contributed by atoms with E-state index in [0.717, 1.165) is 29.8 Å². The minimum Gasteiger partial charge on any atom is -0.487 e. The van der Waals surface area contributed by atoms with Gasteiger partial charge in [-0.3, -0.25) is 0 Å². The molecule has 2 aromatic rings. The highest BCUT2D eigenvalue weighted by molar-refractivity contribution is 5.28. The van der Waals surface area contributed by atoms with Crippen molar-refractivity contribution in [3.8, 4) is 5.75 Å². The highest BCUT2D eigenvalue weighted by atomic mass is 16.5. The van der Waals surface area contributed by atoms with E-state index >= 15 is 0 Å². The number of hydrogen-bond acceptors (Lipinski definition) is 2. The first-order chi connectivity index (χ1) is 9.79. The van der Waals surface area contributed by atoms with Crippen LogP contribution in [0.4, 0.5) is 0 Å². The molecule has 108 valence electrons. The summed E-state index contributed by atoms with van der Waals surface area (Å²) >= 11 is 0. The van der Waals surface area contributed by atoms with Crippen LogP contribution in [0.5, 0.6) is 5.75 Å². The Morgan fingerprint density at radius 3 is 2.60 bits per heavy atom. The van der Waals surface area contributed by atoms with Gasteiger partial charge in [-0.15, -0.1) is 0 Å². The van der Waals surface area contributed by atoms with Crippen LogP contribution in [-0.2, 0) is 6.61 Å². The van der Waals surface area contributed by atoms with Gasteiger partial charge < -0.3 is 14.8 Å². The van der Waals surface area contributed by atoms with Gasteiger partial charge in [-0.2, -0.15) is 0 Å². The third-order valence-corrected chi connectivity index (χ3v) is 3.40. The second kappa shape index (κ2) is 7.75. The molecule has 0 aliphatic rings. The molecule has 3 nitrogen and oxygen atoms in total. The smallest absolute Gasteiger partial charge is 0.128 e. The van der Waals surface area contributed by atoms with Crippen molar-refractivity contribution in [3.05, 3.63) is 53.9 Å². The zero-order valence-electron chi connectivity index (χ0n) is 12.0. The van der Waals surface area contributed by atoms with E-state index in [4.69, 9.17) is 4.74 Å². The van der Waals surface area contributed by atoms with E-state index in [1.165, 1.54) is 12.8 Å². The zero-order chi connectivity index (χ0) is 14.2. The predicted octanol–water partition coefficient (Wildman–Crippen LogP) is 4.21. The molecule has 0 fully saturated rings. The van der Waals surface area contributed by atoms with E-state index in [1.54, 1.807) is 0 Å². The van der Waals surface area contributed by atoms with E-state index in [2.05, 4.69) is 11.9 Å². The first-order valence-electron chi connectivity index (χ1n) is 7.32. The lowest BCUT2D eigenvalue weighted by Crippen LogP contribution is -1.99. The Bertz CT molecular complexity index is 476. The first kappa shape index (κ1) is 14.7. The molecule has 1 aromatic carbocycles. The van der Waals surface area contributed by atoms with Gasteiger partial charge in [0.1, 0.15) is 12.4 Å². The Labute approximate surface area is 120 Å². The number of ether oxygens (including phenoxy) is 1. The summed E-state index contributed by atoms with van der Waals surface area (Å²) in [5, 5.41) is 10.1. The molecule has 1 aromatic heterocycles. The summed E-state index contributed by atoms with van der Waals surface area (Å²) in [6.07, 6.45) is 5.78. The van der Waals surface area contributed by atoms with Gasteiger partial charge in [-0.1, -0.05) is 38.3 Å². The molecule has 1 unspecified atom stereocenters. The summed E-state index contributed by atoms with van der Waals surface area (Å²) in [5.74, 6) is 0.823. The second-order valence-corrected chi connectivity index (χ2v) is 5.06. The minimum atomic E-state index is -0.362. The molecule has 20 heavy (non-hydrogen) atoms. The van der Waals surface area contributed by atoms with E-state index < -0.39 is 0 Å². The fourth-order valence-electron chi connectivity index (χ4n) is 2.16. The highest BCUT2D eigenvalue weighted by Crippen LogP contribution is 2.22. The van der Waals surface area contributed by atoms with Crippen LogP contribution >= 0.6 is 0 Å². The van der Waals surface area contributed by atoms with Crippen molar-refractivity contribution in [2.75, 3.05) is 0 Å². The molecule has 0 amide bonds. The quantitative estimate of drug-likeness (QED) is 0.708. The van der Waals surface area contributed by atoms with Gasteiger partial charge in [0.25, 0.3) is 0 Å². The van der Waals surface area contributed by atoms with Crippen LogP contribution in [0.3, 0.4) is 0 Å². The normalized spacial score (nSPS) is 12.3. The van der Waals surface area contributed by atoms with Gasteiger partial charge in [0.05, 0.1) is 11.8 Å². The van der Waals surface area contributed by atoms with Gasteiger partial charge in [0.2, 0.25) is 0 Å². The van der Waals surface area contributed by atoms with Crippen LogP contribution in [0.1, 0.15) is 50.0 Å². The maximum atomic E-state index is 10.1. The largest absolute Gasteiger partial charge is 0.487 e. The van der Waals surface area contributed by atoms with Crippen LogP contribution in [0.25, 0.3) is 0 Å². The Kier molecular flexibility index (Phi) is 5.69. The number of hydrogen-bond donors (Lipinski definition) is 2. The Balaban J connectivity index is 1.82. The van der Waals surface area contributed by atoms with Crippen molar-refractivity contribution in [2.24, 2.45) is 0 Å². The van der Waals surface area contributed by atoms with Crippen molar-refractivity contribution >= 4 is 0 Å². The number of H-pyrrole nitrogens is 1. The molecule has 1 heterocycles. The molecule has 0 aliphatic carbocycles. The van der Waals surface area contributed by atoms with E-state index in [9.17, 15) is 5.11 Å². The molecule has 1 atom stereocenters. The van der Waals surface area contributed by atoms with Crippen LogP contribution in [0.15, 0.2) is 42.6 Å². The van der Waals surface area contributed by atoms with Crippen molar-refractivity contribution in [1.82, 2.24) is 4.98 Å². The van der Waals surface area contributed by atoms with Crippen molar-refractivity contribution < 1.29 is 9.84 Å². The second-order valence-electron chi connectivity index (χ2n) is 5.06. The molecule has 2 rings (SSSR count). The molecule has 0 bridgehead atoms. The van der Waals surface area contributed by atoms with Gasteiger partial charge in [0.15, 0.2) is 0 Å². The van der Waals surface area contributed by atoms with Gasteiger partial charge in [-0.05, 0) is 36.2 Å². The van der Waals surface area contributed by atoms with Crippen LogP contribution in [0, 0.1) is 0 Å². The van der Waals surface area contributed by atoms with E-state index in [1.807, 2.05) is 42.6 Å².